The van der Waals surface area contributed by atoms with E-state index in [9.17, 15) is 9.59 Å². The lowest BCUT2D eigenvalue weighted by atomic mass is 10.1. The van der Waals surface area contributed by atoms with Crippen molar-refractivity contribution >= 4 is 17.5 Å². The molecule has 0 unspecified atom stereocenters. The van der Waals surface area contributed by atoms with E-state index in [1.54, 1.807) is 24.3 Å². The van der Waals surface area contributed by atoms with Crippen LogP contribution in [0.25, 0.3) is 0 Å². The summed E-state index contributed by atoms with van der Waals surface area (Å²) in [6, 6.07) is 14.9. The third kappa shape index (κ3) is 4.93. The molecule has 142 valence electrons. The summed E-state index contributed by atoms with van der Waals surface area (Å²) in [6.45, 7) is 2.85. The fourth-order valence-electron chi connectivity index (χ4n) is 3.06. The SMILES string of the molecule is Cc1ccc(CNC(=O)c2ccccc2NC(=O)[C@@H]2CC[C@H](CN)O2)cc1. The largest absolute Gasteiger partial charge is 0.364 e. The molecule has 3 rings (SSSR count). The van der Waals surface area contributed by atoms with Crippen molar-refractivity contribution in [1.29, 1.82) is 0 Å². The number of hydrogen-bond acceptors (Lipinski definition) is 4. The molecule has 4 N–H and O–H groups in total. The molecule has 0 radical (unpaired) electrons. The van der Waals surface area contributed by atoms with E-state index in [2.05, 4.69) is 10.6 Å². The van der Waals surface area contributed by atoms with E-state index in [1.807, 2.05) is 31.2 Å². The summed E-state index contributed by atoms with van der Waals surface area (Å²) < 4.78 is 5.62. The Labute approximate surface area is 159 Å². The Morgan fingerprint density at radius 2 is 1.85 bits per heavy atom. The minimum absolute atomic E-state index is 0.0752. The quantitative estimate of drug-likeness (QED) is 0.731. The molecular weight excluding hydrogens is 342 g/mol. The molecule has 2 aromatic carbocycles. The maximum absolute atomic E-state index is 12.6. The lowest BCUT2D eigenvalue weighted by Crippen LogP contribution is -2.31. The zero-order valence-corrected chi connectivity index (χ0v) is 15.4. The van der Waals surface area contributed by atoms with Crippen LogP contribution in [0.4, 0.5) is 5.69 Å². The van der Waals surface area contributed by atoms with Crippen molar-refractivity contribution in [1.82, 2.24) is 5.32 Å². The minimum atomic E-state index is -0.526. The molecule has 2 aromatic rings. The number of anilines is 1. The molecule has 1 saturated heterocycles. The summed E-state index contributed by atoms with van der Waals surface area (Å²) in [5.41, 5.74) is 8.68. The monoisotopic (exact) mass is 367 g/mol. The fraction of sp³-hybridized carbons (Fsp3) is 0.333. The van der Waals surface area contributed by atoms with Crippen LogP contribution >= 0.6 is 0 Å². The Morgan fingerprint density at radius 1 is 1.11 bits per heavy atom. The Morgan fingerprint density at radius 3 is 2.56 bits per heavy atom. The predicted molar refractivity (Wildman–Crippen MR) is 104 cm³/mol. The number of nitrogens with one attached hydrogen (secondary N) is 2. The number of benzene rings is 2. The first-order valence-corrected chi connectivity index (χ1v) is 9.16. The number of hydrogen-bond donors (Lipinski definition) is 3. The first-order valence-electron chi connectivity index (χ1n) is 9.16. The summed E-state index contributed by atoms with van der Waals surface area (Å²) in [7, 11) is 0. The molecule has 2 atom stereocenters. The first-order chi connectivity index (χ1) is 13.1. The molecule has 1 aliphatic heterocycles. The van der Waals surface area contributed by atoms with Gasteiger partial charge in [0.25, 0.3) is 11.8 Å². The third-order valence-electron chi connectivity index (χ3n) is 4.67. The molecule has 2 amide bonds. The molecule has 0 spiro atoms. The van der Waals surface area contributed by atoms with E-state index in [4.69, 9.17) is 10.5 Å². The number of para-hydroxylation sites is 1. The van der Waals surface area contributed by atoms with Crippen molar-refractivity contribution < 1.29 is 14.3 Å². The Bertz CT molecular complexity index is 805. The van der Waals surface area contributed by atoms with E-state index in [1.165, 1.54) is 5.56 Å². The van der Waals surface area contributed by atoms with Gasteiger partial charge in [0.2, 0.25) is 0 Å². The van der Waals surface area contributed by atoms with Gasteiger partial charge in [-0.2, -0.15) is 0 Å². The molecule has 1 fully saturated rings. The van der Waals surface area contributed by atoms with Crippen molar-refractivity contribution in [2.75, 3.05) is 11.9 Å². The number of ether oxygens (including phenoxy) is 1. The highest BCUT2D eigenvalue weighted by Crippen LogP contribution is 2.22. The molecule has 1 aliphatic rings. The van der Waals surface area contributed by atoms with E-state index in [0.29, 0.717) is 30.8 Å². The maximum atomic E-state index is 12.6. The highest BCUT2D eigenvalue weighted by atomic mass is 16.5. The maximum Gasteiger partial charge on any atom is 0.253 e. The summed E-state index contributed by atoms with van der Waals surface area (Å²) in [5.74, 6) is -0.483. The van der Waals surface area contributed by atoms with E-state index in [-0.39, 0.29) is 17.9 Å². The number of amides is 2. The standard InChI is InChI=1S/C21H25N3O3/c1-14-6-8-15(9-7-14)13-23-20(25)17-4-2-3-5-18(17)24-21(26)19-11-10-16(12-22)27-19/h2-9,16,19H,10-13,22H2,1H3,(H,23,25)(H,24,26)/t16-,19+/m1/s1. The Kier molecular flexibility index (Phi) is 6.21. The molecule has 6 nitrogen and oxygen atoms in total. The molecule has 0 aromatic heterocycles. The highest BCUT2D eigenvalue weighted by molar-refractivity contribution is 6.04. The fourth-order valence-corrected chi connectivity index (χ4v) is 3.06. The molecule has 6 heteroatoms. The molecule has 0 bridgehead atoms. The zero-order valence-electron chi connectivity index (χ0n) is 15.4. The van der Waals surface area contributed by atoms with Crippen molar-refractivity contribution in [2.45, 2.75) is 38.5 Å². The normalized spacial score (nSPS) is 18.9. The van der Waals surface area contributed by atoms with Gasteiger partial charge in [0.05, 0.1) is 17.4 Å². The van der Waals surface area contributed by atoms with Gasteiger partial charge in [-0.15, -0.1) is 0 Å². The lowest BCUT2D eigenvalue weighted by molar-refractivity contribution is -0.126. The summed E-state index contributed by atoms with van der Waals surface area (Å²) in [5, 5.41) is 5.71. The number of nitrogens with two attached hydrogens (primary N) is 1. The number of carbonyl (C=O) groups is 2. The van der Waals surface area contributed by atoms with Crippen LogP contribution in [-0.2, 0) is 16.1 Å². The average Bonchev–Trinajstić information content (AvgIpc) is 3.17. The van der Waals surface area contributed by atoms with Crippen LogP contribution < -0.4 is 16.4 Å². The smallest absolute Gasteiger partial charge is 0.253 e. The van der Waals surface area contributed by atoms with Crippen LogP contribution in [0.1, 0.15) is 34.3 Å². The van der Waals surface area contributed by atoms with E-state index >= 15 is 0 Å². The van der Waals surface area contributed by atoms with Crippen molar-refractivity contribution in [3.8, 4) is 0 Å². The van der Waals surface area contributed by atoms with Crippen molar-refractivity contribution in [3.05, 3.63) is 65.2 Å². The first kappa shape index (κ1) is 19.1. The summed E-state index contributed by atoms with van der Waals surface area (Å²) in [6.07, 6.45) is 0.805. The second kappa shape index (κ2) is 8.79. The van der Waals surface area contributed by atoms with Gasteiger partial charge in [-0.05, 0) is 37.5 Å². The molecule has 0 saturated carbocycles. The molecule has 27 heavy (non-hydrogen) atoms. The molecular formula is C21H25N3O3. The van der Waals surface area contributed by atoms with Gasteiger partial charge in [0.15, 0.2) is 0 Å². The lowest BCUT2D eigenvalue weighted by Gasteiger charge is -2.15. The van der Waals surface area contributed by atoms with Crippen molar-refractivity contribution in [3.63, 3.8) is 0 Å². The van der Waals surface area contributed by atoms with Crippen LogP contribution in [-0.4, -0.2) is 30.6 Å². The van der Waals surface area contributed by atoms with Crippen LogP contribution in [0, 0.1) is 6.92 Å². The second-order valence-corrected chi connectivity index (χ2v) is 6.76. The van der Waals surface area contributed by atoms with E-state index < -0.39 is 6.10 Å². The third-order valence-corrected chi connectivity index (χ3v) is 4.67. The van der Waals surface area contributed by atoms with Crippen molar-refractivity contribution in [2.24, 2.45) is 5.73 Å². The van der Waals surface area contributed by atoms with Gasteiger partial charge < -0.3 is 21.1 Å². The number of aryl methyl sites for hydroxylation is 1. The second-order valence-electron chi connectivity index (χ2n) is 6.76. The highest BCUT2D eigenvalue weighted by Gasteiger charge is 2.30. The van der Waals surface area contributed by atoms with Gasteiger partial charge in [-0.25, -0.2) is 0 Å². The van der Waals surface area contributed by atoms with Crippen LogP contribution in [0.5, 0.6) is 0 Å². The van der Waals surface area contributed by atoms with Gasteiger partial charge in [-0.1, -0.05) is 42.0 Å². The van der Waals surface area contributed by atoms with Crippen LogP contribution in [0.2, 0.25) is 0 Å². The summed E-state index contributed by atoms with van der Waals surface area (Å²) >= 11 is 0. The van der Waals surface area contributed by atoms with Gasteiger partial charge in [0, 0.05) is 13.1 Å². The zero-order chi connectivity index (χ0) is 19.2. The predicted octanol–water partition coefficient (Wildman–Crippen LogP) is 2.37. The molecule has 0 aliphatic carbocycles. The van der Waals surface area contributed by atoms with Gasteiger partial charge >= 0.3 is 0 Å². The summed E-state index contributed by atoms with van der Waals surface area (Å²) in [4.78, 5) is 25.1. The molecule has 1 heterocycles. The van der Waals surface area contributed by atoms with Gasteiger partial charge in [0.1, 0.15) is 6.10 Å². The van der Waals surface area contributed by atoms with Crippen LogP contribution in [0.3, 0.4) is 0 Å². The Hall–Kier alpha value is -2.70. The number of carbonyl (C=O) groups excluding carboxylic acids is 2. The minimum Gasteiger partial charge on any atom is -0.364 e. The van der Waals surface area contributed by atoms with E-state index in [0.717, 1.165) is 12.0 Å². The average molecular weight is 367 g/mol. The van der Waals surface area contributed by atoms with Crippen LogP contribution in [0.15, 0.2) is 48.5 Å². The number of rotatable bonds is 6. The Balaban J connectivity index is 1.63. The topological polar surface area (TPSA) is 93.5 Å². The van der Waals surface area contributed by atoms with Gasteiger partial charge in [-0.3, -0.25) is 9.59 Å².